The molecule has 2 heterocycles. The molecule has 136 valence electrons. The largest absolute Gasteiger partial charge is 0.389 e. The van der Waals surface area contributed by atoms with E-state index in [2.05, 4.69) is 0 Å². The fourth-order valence-corrected chi connectivity index (χ4v) is 4.11. The first-order valence-corrected chi connectivity index (χ1v) is 9.00. The molecule has 2 amide bonds. The topological polar surface area (TPSA) is 86.9 Å². The molecule has 25 heavy (non-hydrogen) atoms. The SMILES string of the molecule is CC(C)CC(N)C(=O)N1CCC2[C@H]1[C@@H](O)CN2C(=O)c1ccccc1. The maximum atomic E-state index is 12.8. The molecule has 3 N–H and O–H groups in total. The highest BCUT2D eigenvalue weighted by atomic mass is 16.3. The van der Waals surface area contributed by atoms with Gasteiger partial charge in [0.2, 0.25) is 5.91 Å². The van der Waals surface area contributed by atoms with E-state index in [9.17, 15) is 14.7 Å². The van der Waals surface area contributed by atoms with Gasteiger partial charge in [0, 0.05) is 18.7 Å². The quantitative estimate of drug-likeness (QED) is 0.847. The van der Waals surface area contributed by atoms with Crippen molar-refractivity contribution >= 4 is 11.8 Å². The number of aliphatic hydroxyl groups is 1. The van der Waals surface area contributed by atoms with Crippen molar-refractivity contribution in [3.8, 4) is 0 Å². The predicted molar refractivity (Wildman–Crippen MR) is 94.8 cm³/mol. The molecule has 6 heteroatoms. The van der Waals surface area contributed by atoms with Gasteiger partial charge in [-0.05, 0) is 30.9 Å². The monoisotopic (exact) mass is 345 g/mol. The summed E-state index contributed by atoms with van der Waals surface area (Å²) in [5.41, 5.74) is 6.67. The third kappa shape index (κ3) is 3.41. The Balaban J connectivity index is 1.74. The van der Waals surface area contributed by atoms with Gasteiger partial charge in [0.05, 0.1) is 24.2 Å². The van der Waals surface area contributed by atoms with Crippen molar-refractivity contribution < 1.29 is 14.7 Å². The number of nitrogens with two attached hydrogens (primary N) is 1. The summed E-state index contributed by atoms with van der Waals surface area (Å²) in [5.74, 6) is 0.129. The van der Waals surface area contributed by atoms with Crippen molar-refractivity contribution in [1.29, 1.82) is 0 Å². The number of carbonyl (C=O) groups is 2. The van der Waals surface area contributed by atoms with Crippen LogP contribution in [0.15, 0.2) is 30.3 Å². The molecule has 2 fully saturated rings. The zero-order valence-electron chi connectivity index (χ0n) is 14.8. The number of likely N-dealkylation sites (tertiary alicyclic amines) is 2. The average Bonchev–Trinajstić information content (AvgIpc) is 3.15. The van der Waals surface area contributed by atoms with E-state index in [1.807, 2.05) is 32.0 Å². The number of rotatable bonds is 4. The van der Waals surface area contributed by atoms with E-state index in [4.69, 9.17) is 5.73 Å². The van der Waals surface area contributed by atoms with Crippen molar-refractivity contribution in [3.05, 3.63) is 35.9 Å². The number of nitrogens with zero attached hydrogens (tertiary/aromatic N) is 2. The number of benzene rings is 1. The first kappa shape index (κ1) is 17.9. The van der Waals surface area contributed by atoms with Gasteiger partial charge in [0.15, 0.2) is 0 Å². The van der Waals surface area contributed by atoms with Crippen molar-refractivity contribution in [3.63, 3.8) is 0 Å². The number of β-amino-alcohol motifs (C(OH)–C–C–N with tert-alkyl or cyclic N) is 1. The van der Waals surface area contributed by atoms with Crippen LogP contribution in [0.1, 0.15) is 37.0 Å². The zero-order valence-corrected chi connectivity index (χ0v) is 14.8. The Hall–Kier alpha value is -1.92. The van der Waals surface area contributed by atoms with Crippen molar-refractivity contribution in [2.45, 2.75) is 50.9 Å². The van der Waals surface area contributed by atoms with Gasteiger partial charge in [0.25, 0.3) is 5.91 Å². The van der Waals surface area contributed by atoms with E-state index in [-0.39, 0.29) is 30.4 Å². The first-order valence-electron chi connectivity index (χ1n) is 9.00. The second kappa shape index (κ2) is 7.14. The van der Waals surface area contributed by atoms with E-state index >= 15 is 0 Å². The van der Waals surface area contributed by atoms with Crippen LogP contribution < -0.4 is 5.73 Å². The Morgan fingerprint density at radius 1 is 1.24 bits per heavy atom. The Morgan fingerprint density at radius 3 is 2.56 bits per heavy atom. The summed E-state index contributed by atoms with van der Waals surface area (Å²) in [6.45, 7) is 4.86. The third-order valence-corrected chi connectivity index (χ3v) is 5.21. The number of fused-ring (bicyclic) bond motifs is 1. The van der Waals surface area contributed by atoms with Crippen LogP contribution in [0.3, 0.4) is 0 Å². The molecule has 2 aliphatic rings. The van der Waals surface area contributed by atoms with Gasteiger partial charge in [-0.15, -0.1) is 0 Å². The lowest BCUT2D eigenvalue weighted by Crippen LogP contribution is -2.51. The molecule has 6 nitrogen and oxygen atoms in total. The first-order chi connectivity index (χ1) is 11.9. The zero-order chi connectivity index (χ0) is 18.1. The molecule has 0 radical (unpaired) electrons. The summed E-state index contributed by atoms with van der Waals surface area (Å²) < 4.78 is 0. The molecule has 0 aromatic heterocycles. The maximum Gasteiger partial charge on any atom is 0.254 e. The van der Waals surface area contributed by atoms with E-state index in [0.717, 1.165) is 0 Å². The molecule has 1 aromatic carbocycles. The second-order valence-electron chi connectivity index (χ2n) is 7.51. The molecule has 4 atom stereocenters. The molecule has 1 aromatic rings. The molecule has 0 aliphatic carbocycles. The van der Waals surface area contributed by atoms with E-state index < -0.39 is 12.1 Å². The Morgan fingerprint density at radius 2 is 1.92 bits per heavy atom. The Labute approximate surface area is 148 Å². The Kier molecular flexibility index (Phi) is 5.11. The van der Waals surface area contributed by atoms with Crippen LogP contribution in [-0.4, -0.2) is 64.0 Å². The van der Waals surface area contributed by atoms with Crippen molar-refractivity contribution in [2.24, 2.45) is 11.7 Å². The summed E-state index contributed by atoms with van der Waals surface area (Å²) in [4.78, 5) is 28.9. The summed E-state index contributed by atoms with van der Waals surface area (Å²) in [5, 5.41) is 10.5. The third-order valence-electron chi connectivity index (χ3n) is 5.21. The van der Waals surface area contributed by atoms with Gasteiger partial charge in [-0.2, -0.15) is 0 Å². The molecule has 0 spiro atoms. The van der Waals surface area contributed by atoms with Gasteiger partial charge < -0.3 is 20.6 Å². The van der Waals surface area contributed by atoms with Crippen molar-refractivity contribution in [1.82, 2.24) is 9.80 Å². The molecular formula is C19H27N3O3. The summed E-state index contributed by atoms with van der Waals surface area (Å²) in [7, 11) is 0. The highest BCUT2D eigenvalue weighted by Crippen LogP contribution is 2.33. The lowest BCUT2D eigenvalue weighted by Gasteiger charge is -2.29. The molecular weight excluding hydrogens is 318 g/mol. The van der Waals surface area contributed by atoms with E-state index in [1.54, 1.807) is 21.9 Å². The number of hydrogen-bond donors (Lipinski definition) is 2. The van der Waals surface area contributed by atoms with Gasteiger partial charge >= 0.3 is 0 Å². The lowest BCUT2D eigenvalue weighted by atomic mass is 10.0. The summed E-state index contributed by atoms with van der Waals surface area (Å²) in [6, 6.07) is 8.03. The summed E-state index contributed by atoms with van der Waals surface area (Å²) in [6.07, 6.45) is 0.575. The number of carbonyl (C=O) groups excluding carboxylic acids is 2. The lowest BCUT2D eigenvalue weighted by molar-refractivity contribution is -0.135. The minimum Gasteiger partial charge on any atom is -0.389 e. The van der Waals surface area contributed by atoms with Crippen molar-refractivity contribution in [2.75, 3.05) is 13.1 Å². The molecule has 3 rings (SSSR count). The average molecular weight is 345 g/mol. The summed E-state index contributed by atoms with van der Waals surface area (Å²) >= 11 is 0. The van der Waals surface area contributed by atoms with Gasteiger partial charge in [-0.25, -0.2) is 0 Å². The van der Waals surface area contributed by atoms with Gasteiger partial charge in [-0.3, -0.25) is 9.59 Å². The standard InChI is InChI=1S/C19H27N3O3/c1-12(2)10-14(20)19(25)21-9-8-15-17(21)16(23)11-22(15)18(24)13-6-4-3-5-7-13/h3-7,12,14-17,23H,8-11,20H2,1-2H3/t14?,15?,16-,17-/m0/s1. The highest BCUT2D eigenvalue weighted by Gasteiger charge is 2.51. The minimum absolute atomic E-state index is 0.0899. The van der Waals surface area contributed by atoms with Crippen LogP contribution >= 0.6 is 0 Å². The fourth-order valence-electron chi connectivity index (χ4n) is 4.11. The van der Waals surface area contributed by atoms with Crippen LogP contribution in [-0.2, 0) is 4.79 Å². The molecule has 0 saturated carbocycles. The molecule has 2 aliphatic heterocycles. The van der Waals surface area contributed by atoms with Crippen LogP contribution in [0.5, 0.6) is 0 Å². The maximum absolute atomic E-state index is 12.8. The second-order valence-corrected chi connectivity index (χ2v) is 7.51. The normalized spacial score (nSPS) is 26.8. The number of hydrogen-bond acceptors (Lipinski definition) is 4. The van der Waals surface area contributed by atoms with Gasteiger partial charge in [-0.1, -0.05) is 32.0 Å². The Bertz CT molecular complexity index is 634. The van der Waals surface area contributed by atoms with Gasteiger partial charge in [0.1, 0.15) is 0 Å². The molecule has 0 bridgehead atoms. The van der Waals surface area contributed by atoms with Crippen LogP contribution in [0.25, 0.3) is 0 Å². The number of aliphatic hydroxyl groups excluding tert-OH is 1. The van der Waals surface area contributed by atoms with Crippen LogP contribution in [0.4, 0.5) is 0 Å². The van der Waals surface area contributed by atoms with E-state index in [0.29, 0.717) is 30.9 Å². The molecule has 2 saturated heterocycles. The molecule has 2 unspecified atom stereocenters. The van der Waals surface area contributed by atoms with E-state index in [1.165, 1.54) is 0 Å². The smallest absolute Gasteiger partial charge is 0.254 e. The van der Waals surface area contributed by atoms with Crippen LogP contribution in [0.2, 0.25) is 0 Å². The predicted octanol–water partition coefficient (Wildman–Crippen LogP) is 0.846. The number of amides is 2. The van der Waals surface area contributed by atoms with Crippen LogP contribution in [0, 0.1) is 5.92 Å². The highest BCUT2D eigenvalue weighted by molar-refractivity contribution is 5.95. The fraction of sp³-hybridized carbons (Fsp3) is 0.579. The minimum atomic E-state index is -0.727.